The van der Waals surface area contributed by atoms with Gasteiger partial charge in [0.15, 0.2) is 0 Å². The number of imidazole rings is 1. The van der Waals surface area contributed by atoms with Crippen LogP contribution in [0.4, 0.5) is 17.3 Å². The normalized spacial score (nSPS) is 12.0. The van der Waals surface area contributed by atoms with Crippen molar-refractivity contribution in [3.8, 4) is 0 Å². The molecule has 0 radical (unpaired) electrons. The maximum absolute atomic E-state index is 5.89. The molecule has 0 amide bonds. The molecule has 0 fully saturated rings. The lowest BCUT2D eigenvalue weighted by atomic mass is 10.3. The molecule has 8 nitrogen and oxygen atoms in total. The van der Waals surface area contributed by atoms with Crippen molar-refractivity contribution in [1.82, 2.24) is 4.57 Å². The first kappa shape index (κ1) is 23.2. The van der Waals surface area contributed by atoms with Gasteiger partial charge in [-0.1, -0.05) is 5.11 Å². The Morgan fingerprint density at radius 3 is 2.14 bits per heavy atom. The fourth-order valence-corrected chi connectivity index (χ4v) is 5.62. The summed E-state index contributed by atoms with van der Waals surface area (Å²) in [7, 11) is 1.33. The summed E-state index contributed by atoms with van der Waals surface area (Å²) in [5.74, 6) is 0.790. The second-order valence-corrected chi connectivity index (χ2v) is 9.31. The van der Waals surface area contributed by atoms with Gasteiger partial charge in [-0.15, -0.1) is 0 Å². The van der Waals surface area contributed by atoms with E-state index in [9.17, 15) is 0 Å². The smallest absolute Gasteiger partial charge is 0.385 e. The van der Waals surface area contributed by atoms with E-state index in [-0.39, 0.29) is 0 Å². The van der Waals surface area contributed by atoms with Crippen LogP contribution in [0.25, 0.3) is 0 Å². The minimum absolute atomic E-state index is 0.608. The summed E-state index contributed by atoms with van der Waals surface area (Å²) in [4.78, 5) is 0. The molecule has 1 aromatic heterocycles. The van der Waals surface area contributed by atoms with E-state index in [1.165, 1.54) is 0 Å². The summed E-state index contributed by atoms with van der Waals surface area (Å²) < 4.78 is 21.5. The van der Waals surface area contributed by atoms with E-state index in [1.54, 1.807) is 0 Å². The van der Waals surface area contributed by atoms with Crippen LogP contribution in [-0.2, 0) is 27.4 Å². The first-order chi connectivity index (χ1) is 14.0. The topological polar surface area (TPSA) is 73.2 Å². The number of azo groups is 1. The summed E-state index contributed by atoms with van der Waals surface area (Å²) in [6.45, 7) is 8.59. The van der Waals surface area contributed by atoms with E-state index in [0.717, 1.165) is 36.3 Å². The molecule has 2 aromatic rings. The van der Waals surface area contributed by atoms with Gasteiger partial charge in [0.2, 0.25) is 0 Å². The van der Waals surface area contributed by atoms with Crippen molar-refractivity contribution in [1.29, 1.82) is 0 Å². The van der Waals surface area contributed by atoms with Gasteiger partial charge < -0.3 is 18.6 Å². The van der Waals surface area contributed by atoms with E-state index in [2.05, 4.69) is 15.5 Å². The van der Waals surface area contributed by atoms with Crippen LogP contribution in [-0.4, -0.2) is 39.7 Å². The molecule has 0 saturated heterocycles. The highest BCUT2D eigenvalue weighted by Crippen LogP contribution is 2.20. The minimum atomic E-state index is -2.56. The number of hydrogen-bond donors (Lipinski definition) is 1. The van der Waals surface area contributed by atoms with Gasteiger partial charge in [0.05, 0.1) is 26.5 Å². The van der Waals surface area contributed by atoms with Crippen LogP contribution in [0.2, 0.25) is 6.04 Å². The number of nitrogens with zero attached hydrogens (tertiary/aromatic N) is 4. The fraction of sp³-hybridized carbons (Fsp3) is 0.550. The number of aryl methyl sites for hydroxylation is 2. The molecule has 160 valence electrons. The molecule has 0 aliphatic carbocycles. The van der Waals surface area contributed by atoms with Gasteiger partial charge in [-0.2, -0.15) is 0 Å². The largest absolute Gasteiger partial charge is 0.500 e. The van der Waals surface area contributed by atoms with Gasteiger partial charge in [-0.25, -0.2) is 9.13 Å². The third kappa shape index (κ3) is 7.04. The maximum atomic E-state index is 5.89. The Morgan fingerprint density at radius 1 is 1.00 bits per heavy atom. The van der Waals surface area contributed by atoms with Gasteiger partial charge in [-0.3, -0.25) is 0 Å². The molecule has 2 rings (SSSR count). The molecule has 0 saturated carbocycles. The van der Waals surface area contributed by atoms with Crippen LogP contribution in [0.1, 0.15) is 27.2 Å². The predicted molar refractivity (Wildman–Crippen MR) is 116 cm³/mol. The van der Waals surface area contributed by atoms with Gasteiger partial charge in [-0.05, 0) is 51.5 Å². The van der Waals surface area contributed by atoms with Gasteiger partial charge in [0, 0.05) is 43.2 Å². The van der Waals surface area contributed by atoms with Crippen molar-refractivity contribution in [2.24, 2.45) is 24.3 Å². The van der Waals surface area contributed by atoms with E-state index in [0.29, 0.717) is 19.8 Å². The molecule has 0 bridgehead atoms. The van der Waals surface area contributed by atoms with Gasteiger partial charge >= 0.3 is 14.8 Å². The average molecular weight is 421 g/mol. The second kappa shape index (κ2) is 11.8. The lowest BCUT2D eigenvalue weighted by Gasteiger charge is -2.28. The summed E-state index contributed by atoms with van der Waals surface area (Å²) in [6, 6.07) is 8.73. The van der Waals surface area contributed by atoms with E-state index < -0.39 is 8.80 Å². The van der Waals surface area contributed by atoms with E-state index in [4.69, 9.17) is 13.3 Å². The standard InChI is InChI=1S/C20H33N5O3Si/c1-6-26-29(27-7-2,28-8-3)17-9-14-21-18-10-12-19(13-11-18)22-23-20-24(4)15-16-25(20)5/h10-13,15-16H,6-9,14,17H2,1-5H3/p+1. The number of benzene rings is 1. The Hall–Kier alpha value is -2.07. The third-order valence-electron chi connectivity index (χ3n) is 4.35. The first-order valence-corrected chi connectivity index (χ1v) is 12.1. The van der Waals surface area contributed by atoms with Crippen molar-refractivity contribution >= 4 is 26.1 Å². The molecule has 1 heterocycles. The lowest BCUT2D eigenvalue weighted by Crippen LogP contribution is -2.46. The number of aromatic nitrogens is 2. The zero-order chi connectivity index (χ0) is 21.1. The number of rotatable bonds is 13. The van der Waals surface area contributed by atoms with Crippen molar-refractivity contribution in [3.63, 3.8) is 0 Å². The third-order valence-corrected chi connectivity index (χ3v) is 7.50. The number of hydrogen-bond acceptors (Lipinski definition) is 6. The molecule has 1 N–H and O–H groups in total. The number of nitrogens with one attached hydrogen (secondary N) is 1. The van der Waals surface area contributed by atoms with Crippen molar-refractivity contribution < 1.29 is 17.8 Å². The van der Waals surface area contributed by atoms with Crippen LogP contribution in [0.5, 0.6) is 0 Å². The highest BCUT2D eigenvalue weighted by molar-refractivity contribution is 6.60. The predicted octanol–water partition coefficient (Wildman–Crippen LogP) is 4.12. The Labute approximate surface area is 174 Å². The average Bonchev–Trinajstić information content (AvgIpc) is 3.03. The van der Waals surface area contributed by atoms with E-state index in [1.807, 2.05) is 80.7 Å². The monoisotopic (exact) mass is 420 g/mol. The summed E-state index contributed by atoms with van der Waals surface area (Å²) in [6.07, 6.45) is 4.81. The number of anilines is 1. The molecule has 0 atom stereocenters. The Bertz CT molecular complexity index is 727. The maximum Gasteiger partial charge on any atom is 0.500 e. The second-order valence-electron chi connectivity index (χ2n) is 6.58. The summed E-state index contributed by atoms with van der Waals surface area (Å²) >= 11 is 0. The minimum Gasteiger partial charge on any atom is -0.385 e. The van der Waals surface area contributed by atoms with Crippen LogP contribution in [0.15, 0.2) is 46.9 Å². The van der Waals surface area contributed by atoms with Gasteiger partial charge in [0.25, 0.3) is 0 Å². The fourth-order valence-electron chi connectivity index (χ4n) is 3.01. The van der Waals surface area contributed by atoms with Crippen LogP contribution in [0.3, 0.4) is 0 Å². The van der Waals surface area contributed by atoms with Crippen LogP contribution in [0, 0.1) is 0 Å². The van der Waals surface area contributed by atoms with Crippen molar-refractivity contribution in [2.75, 3.05) is 31.7 Å². The highest BCUT2D eigenvalue weighted by Gasteiger charge is 2.39. The quantitative estimate of drug-likeness (QED) is 0.229. The molecule has 1 aromatic carbocycles. The highest BCUT2D eigenvalue weighted by atomic mass is 28.4. The summed E-state index contributed by atoms with van der Waals surface area (Å²) in [5.41, 5.74) is 1.86. The van der Waals surface area contributed by atoms with Crippen molar-refractivity contribution in [2.45, 2.75) is 33.2 Å². The molecule has 0 aliphatic heterocycles. The first-order valence-electron chi connectivity index (χ1n) is 10.2. The summed E-state index contributed by atoms with van der Waals surface area (Å²) in [5, 5.41) is 12.1. The zero-order valence-corrected chi connectivity index (χ0v) is 19.2. The molecule has 0 unspecified atom stereocenters. The zero-order valence-electron chi connectivity index (χ0n) is 18.2. The Kier molecular flexibility index (Phi) is 9.45. The van der Waals surface area contributed by atoms with Gasteiger partial charge in [0.1, 0.15) is 5.69 Å². The molecule has 29 heavy (non-hydrogen) atoms. The van der Waals surface area contributed by atoms with Crippen molar-refractivity contribution in [3.05, 3.63) is 36.7 Å². The molecule has 0 spiro atoms. The molecule has 9 heteroatoms. The van der Waals surface area contributed by atoms with Crippen LogP contribution < -0.4 is 9.88 Å². The molecule has 0 aliphatic rings. The molecular formula is C20H34N5O3Si+. The van der Waals surface area contributed by atoms with E-state index >= 15 is 0 Å². The lowest BCUT2D eigenvalue weighted by molar-refractivity contribution is -0.657. The SMILES string of the molecule is CCO[Si](CCCNc1ccc(N=Nc2n(C)cc[n+]2C)cc1)(OCC)OCC. The van der Waals surface area contributed by atoms with Crippen LogP contribution >= 0.6 is 0 Å². The Morgan fingerprint density at radius 2 is 1.62 bits per heavy atom. The Balaban J connectivity index is 1.85. The molecular weight excluding hydrogens is 386 g/mol.